The molecular weight excluding hydrogens is 112 g/mol. The number of fused-ring (bicyclic) bond motifs is 2. The van der Waals surface area contributed by atoms with E-state index in [-0.39, 0.29) is 0 Å². The zero-order chi connectivity index (χ0) is 6.27. The molecule has 48 valence electrons. The Morgan fingerprint density at radius 2 is 2.44 bits per heavy atom. The van der Waals surface area contributed by atoms with Crippen molar-refractivity contribution in [3.8, 4) is 0 Å². The topological polar surface area (TPSA) is 17.1 Å². The molecule has 2 rings (SSSR count). The smallest absolute Gasteiger partial charge is 0.145 e. The van der Waals surface area contributed by atoms with Crippen molar-refractivity contribution in [2.75, 3.05) is 0 Å². The van der Waals surface area contributed by atoms with Crippen molar-refractivity contribution in [1.29, 1.82) is 0 Å². The van der Waals surface area contributed by atoms with Gasteiger partial charge in [0.15, 0.2) is 0 Å². The highest BCUT2D eigenvalue weighted by atomic mass is 16.1. The van der Waals surface area contributed by atoms with Crippen molar-refractivity contribution in [2.45, 2.75) is 19.3 Å². The molecule has 0 spiro atoms. The fourth-order valence-corrected chi connectivity index (χ4v) is 2.01. The van der Waals surface area contributed by atoms with E-state index in [1.165, 1.54) is 19.3 Å². The quantitative estimate of drug-likeness (QED) is 0.482. The van der Waals surface area contributed by atoms with Crippen LogP contribution in [-0.2, 0) is 4.79 Å². The van der Waals surface area contributed by atoms with Gasteiger partial charge in [0.2, 0.25) is 0 Å². The van der Waals surface area contributed by atoms with Crippen LogP contribution in [0.4, 0.5) is 0 Å². The minimum absolute atomic E-state index is 0.646. The van der Waals surface area contributed by atoms with E-state index in [2.05, 4.69) is 6.08 Å². The Morgan fingerprint density at radius 3 is 2.78 bits per heavy atom. The number of aldehydes is 1. The molecule has 0 aromatic heterocycles. The van der Waals surface area contributed by atoms with Gasteiger partial charge in [0.1, 0.15) is 6.29 Å². The van der Waals surface area contributed by atoms with Gasteiger partial charge in [0, 0.05) is 0 Å². The molecule has 0 aliphatic heterocycles. The molecule has 1 saturated carbocycles. The Kier molecular flexibility index (Phi) is 0.981. The van der Waals surface area contributed by atoms with Gasteiger partial charge in [-0.05, 0) is 36.7 Å². The molecule has 0 saturated heterocycles. The number of allylic oxidation sites excluding steroid dienone is 2. The second-order valence-corrected chi connectivity index (χ2v) is 3.05. The summed E-state index contributed by atoms with van der Waals surface area (Å²) in [6.45, 7) is 0. The predicted octanol–water partition coefficient (Wildman–Crippen LogP) is 1.54. The average molecular weight is 122 g/mol. The maximum atomic E-state index is 10.3. The first-order chi connectivity index (χ1) is 4.40. The maximum Gasteiger partial charge on any atom is 0.145 e. The Balaban J connectivity index is 2.26. The van der Waals surface area contributed by atoms with Gasteiger partial charge >= 0.3 is 0 Å². The fraction of sp³-hybridized carbons (Fsp3) is 0.625. The van der Waals surface area contributed by atoms with Crippen LogP contribution in [0, 0.1) is 11.8 Å². The van der Waals surface area contributed by atoms with E-state index in [1.807, 2.05) is 0 Å². The van der Waals surface area contributed by atoms with Crippen molar-refractivity contribution in [2.24, 2.45) is 11.8 Å². The molecule has 1 nitrogen and oxygen atoms in total. The minimum Gasteiger partial charge on any atom is -0.298 e. The summed E-state index contributed by atoms with van der Waals surface area (Å²) < 4.78 is 0. The highest BCUT2D eigenvalue weighted by molar-refractivity contribution is 5.75. The summed E-state index contributed by atoms with van der Waals surface area (Å²) in [4.78, 5) is 10.3. The Bertz CT molecular complexity index is 169. The van der Waals surface area contributed by atoms with E-state index in [0.717, 1.165) is 17.8 Å². The molecule has 1 heteroatoms. The number of rotatable bonds is 1. The summed E-state index contributed by atoms with van der Waals surface area (Å²) in [6, 6.07) is 0. The second-order valence-electron chi connectivity index (χ2n) is 3.05. The van der Waals surface area contributed by atoms with Crippen molar-refractivity contribution >= 4 is 6.29 Å². The average Bonchev–Trinajstić information content (AvgIpc) is 2.45. The minimum atomic E-state index is 0.646. The van der Waals surface area contributed by atoms with Crippen molar-refractivity contribution in [3.05, 3.63) is 11.6 Å². The Labute approximate surface area is 54.8 Å². The number of hydrogen-bond acceptors (Lipinski definition) is 1. The SMILES string of the molecule is O=CC1=C[C@H]2CC[C@H]1C2. The number of carbonyl (C=O) groups excluding carboxylic acids is 1. The molecule has 2 aliphatic rings. The van der Waals surface area contributed by atoms with Crippen LogP contribution in [0.2, 0.25) is 0 Å². The molecule has 9 heavy (non-hydrogen) atoms. The summed E-state index contributed by atoms with van der Waals surface area (Å²) in [7, 11) is 0. The first-order valence-corrected chi connectivity index (χ1v) is 3.57. The lowest BCUT2D eigenvalue weighted by Crippen LogP contribution is -1.96. The monoisotopic (exact) mass is 122 g/mol. The lowest BCUT2D eigenvalue weighted by atomic mass is 10.0. The van der Waals surface area contributed by atoms with Crippen LogP contribution in [0.15, 0.2) is 11.6 Å². The van der Waals surface area contributed by atoms with Gasteiger partial charge in [-0.2, -0.15) is 0 Å². The van der Waals surface area contributed by atoms with Gasteiger partial charge in [0.05, 0.1) is 0 Å². The highest BCUT2D eigenvalue weighted by Crippen LogP contribution is 2.42. The van der Waals surface area contributed by atoms with E-state index < -0.39 is 0 Å². The summed E-state index contributed by atoms with van der Waals surface area (Å²) in [6.07, 6.45) is 7.02. The van der Waals surface area contributed by atoms with E-state index in [4.69, 9.17) is 0 Å². The van der Waals surface area contributed by atoms with Crippen LogP contribution >= 0.6 is 0 Å². The molecule has 2 aliphatic carbocycles. The lowest BCUT2D eigenvalue weighted by molar-refractivity contribution is -0.105. The highest BCUT2D eigenvalue weighted by Gasteiger charge is 2.31. The van der Waals surface area contributed by atoms with E-state index in [1.54, 1.807) is 0 Å². The molecule has 0 radical (unpaired) electrons. The summed E-state index contributed by atoms with van der Waals surface area (Å²) in [5, 5.41) is 0. The van der Waals surface area contributed by atoms with E-state index in [9.17, 15) is 4.79 Å². The summed E-state index contributed by atoms with van der Waals surface area (Å²) in [5.41, 5.74) is 1.08. The number of hydrogen-bond donors (Lipinski definition) is 0. The Hall–Kier alpha value is -0.590. The van der Waals surface area contributed by atoms with Gasteiger partial charge < -0.3 is 0 Å². The predicted molar refractivity (Wildman–Crippen MR) is 35.0 cm³/mol. The lowest BCUT2D eigenvalue weighted by Gasteiger charge is -2.04. The number of carbonyl (C=O) groups is 1. The molecule has 0 heterocycles. The van der Waals surface area contributed by atoms with E-state index >= 15 is 0 Å². The van der Waals surface area contributed by atoms with Crippen LogP contribution in [0.25, 0.3) is 0 Å². The van der Waals surface area contributed by atoms with Gasteiger partial charge in [0.25, 0.3) is 0 Å². The molecule has 2 bridgehead atoms. The summed E-state index contributed by atoms with van der Waals surface area (Å²) in [5.74, 6) is 1.41. The van der Waals surface area contributed by atoms with Crippen LogP contribution in [0.1, 0.15) is 19.3 Å². The van der Waals surface area contributed by atoms with Crippen LogP contribution < -0.4 is 0 Å². The fourth-order valence-electron chi connectivity index (χ4n) is 2.01. The first-order valence-electron chi connectivity index (χ1n) is 3.57. The Morgan fingerprint density at radius 1 is 1.56 bits per heavy atom. The standard InChI is InChI=1S/C8H10O/c9-5-8-4-6-1-2-7(8)3-6/h4-7H,1-3H2/t6-,7-/m0/s1. The molecule has 2 atom stereocenters. The molecule has 0 amide bonds. The van der Waals surface area contributed by atoms with Gasteiger partial charge in [-0.3, -0.25) is 4.79 Å². The molecule has 0 N–H and O–H groups in total. The molecule has 0 aromatic rings. The third kappa shape index (κ3) is 0.640. The molecule has 0 unspecified atom stereocenters. The second kappa shape index (κ2) is 1.69. The summed E-state index contributed by atoms with van der Waals surface area (Å²) >= 11 is 0. The van der Waals surface area contributed by atoms with Crippen molar-refractivity contribution < 1.29 is 4.79 Å². The normalized spacial score (nSPS) is 38.9. The van der Waals surface area contributed by atoms with Crippen molar-refractivity contribution in [3.63, 3.8) is 0 Å². The van der Waals surface area contributed by atoms with Crippen LogP contribution in [0.5, 0.6) is 0 Å². The first kappa shape index (κ1) is 5.21. The molecule has 1 fully saturated rings. The zero-order valence-electron chi connectivity index (χ0n) is 5.34. The van der Waals surface area contributed by atoms with Crippen molar-refractivity contribution in [1.82, 2.24) is 0 Å². The van der Waals surface area contributed by atoms with Crippen LogP contribution in [0.3, 0.4) is 0 Å². The van der Waals surface area contributed by atoms with Crippen LogP contribution in [-0.4, -0.2) is 6.29 Å². The third-order valence-electron chi connectivity index (χ3n) is 2.51. The van der Waals surface area contributed by atoms with Gasteiger partial charge in [-0.15, -0.1) is 0 Å². The van der Waals surface area contributed by atoms with Gasteiger partial charge in [-0.1, -0.05) is 6.08 Å². The third-order valence-corrected chi connectivity index (χ3v) is 2.51. The zero-order valence-corrected chi connectivity index (χ0v) is 5.34. The van der Waals surface area contributed by atoms with E-state index in [0.29, 0.717) is 5.92 Å². The molecular formula is C8H10O. The molecule has 0 aromatic carbocycles. The largest absolute Gasteiger partial charge is 0.298 e. The van der Waals surface area contributed by atoms with Gasteiger partial charge in [-0.25, -0.2) is 0 Å². The maximum absolute atomic E-state index is 10.3.